The fourth-order valence-corrected chi connectivity index (χ4v) is 3.53. The van der Waals surface area contributed by atoms with E-state index in [1.54, 1.807) is 19.3 Å². The number of carbonyl (C=O) groups is 1. The summed E-state index contributed by atoms with van der Waals surface area (Å²) in [5.74, 6) is 1.61. The minimum Gasteiger partial charge on any atom is -0.478 e. The predicted molar refractivity (Wildman–Crippen MR) is 101 cm³/mol. The number of fused-ring (bicyclic) bond motifs is 3. The van der Waals surface area contributed by atoms with Crippen LogP contribution in [0.15, 0.2) is 46.6 Å². The Morgan fingerprint density at radius 2 is 2.19 bits per heavy atom. The summed E-state index contributed by atoms with van der Waals surface area (Å²) >= 11 is 3.44. The van der Waals surface area contributed by atoms with Gasteiger partial charge in [0.05, 0.1) is 17.7 Å². The molecule has 2 aliphatic rings. The number of hydrogen-bond donors (Lipinski definition) is 0. The van der Waals surface area contributed by atoms with Crippen molar-refractivity contribution in [1.29, 1.82) is 0 Å². The number of hydrogen-bond acceptors (Lipinski definition) is 5. The number of halogens is 1. The van der Waals surface area contributed by atoms with Crippen LogP contribution in [0.4, 0.5) is 0 Å². The number of rotatable bonds is 4. The van der Waals surface area contributed by atoms with Gasteiger partial charge < -0.3 is 14.2 Å². The maximum absolute atomic E-state index is 12.7. The second-order valence-corrected chi connectivity index (χ2v) is 7.15. The third-order valence-corrected chi connectivity index (χ3v) is 4.93. The Labute approximate surface area is 160 Å². The molecule has 0 saturated heterocycles. The van der Waals surface area contributed by atoms with E-state index in [1.807, 2.05) is 30.3 Å². The van der Waals surface area contributed by atoms with Crippen molar-refractivity contribution in [1.82, 2.24) is 4.90 Å². The van der Waals surface area contributed by atoms with Crippen molar-refractivity contribution in [3.63, 3.8) is 0 Å². The molecule has 0 amide bonds. The smallest absolute Gasteiger partial charge is 0.231 e. The van der Waals surface area contributed by atoms with Crippen molar-refractivity contribution in [2.45, 2.75) is 6.54 Å². The van der Waals surface area contributed by atoms with Crippen LogP contribution in [0.3, 0.4) is 0 Å². The Morgan fingerprint density at radius 3 is 3.00 bits per heavy atom. The van der Waals surface area contributed by atoms with E-state index in [4.69, 9.17) is 14.2 Å². The highest BCUT2D eigenvalue weighted by molar-refractivity contribution is 9.10. The summed E-state index contributed by atoms with van der Waals surface area (Å²) in [6, 6.07) is 11.4. The zero-order chi connectivity index (χ0) is 18.1. The predicted octanol–water partition coefficient (Wildman–Crippen LogP) is 3.86. The second-order valence-electron chi connectivity index (χ2n) is 6.23. The van der Waals surface area contributed by atoms with Gasteiger partial charge in [0.2, 0.25) is 5.78 Å². The molecule has 134 valence electrons. The van der Waals surface area contributed by atoms with Crippen LogP contribution in [-0.4, -0.2) is 37.7 Å². The zero-order valence-electron chi connectivity index (χ0n) is 14.3. The summed E-state index contributed by atoms with van der Waals surface area (Å²) in [5.41, 5.74) is 2.40. The second kappa shape index (κ2) is 7.23. The highest BCUT2D eigenvalue weighted by Gasteiger charge is 2.33. The summed E-state index contributed by atoms with van der Waals surface area (Å²) in [4.78, 5) is 14.9. The van der Waals surface area contributed by atoms with Gasteiger partial charge in [-0.05, 0) is 35.9 Å². The van der Waals surface area contributed by atoms with Crippen molar-refractivity contribution in [2.24, 2.45) is 0 Å². The Morgan fingerprint density at radius 1 is 1.31 bits per heavy atom. The largest absolute Gasteiger partial charge is 0.478 e. The number of ether oxygens (including phenoxy) is 3. The van der Waals surface area contributed by atoms with Gasteiger partial charge in [0.15, 0.2) is 5.76 Å². The molecule has 0 radical (unpaired) electrons. The fourth-order valence-electron chi connectivity index (χ4n) is 3.12. The third-order valence-electron chi connectivity index (χ3n) is 4.44. The van der Waals surface area contributed by atoms with Gasteiger partial charge in [-0.25, -0.2) is 0 Å². The average molecular weight is 416 g/mol. The Kier molecular flexibility index (Phi) is 4.80. The molecule has 0 atom stereocenters. The molecular weight excluding hydrogens is 398 g/mol. The summed E-state index contributed by atoms with van der Waals surface area (Å²) in [7, 11) is 1.68. The van der Waals surface area contributed by atoms with E-state index < -0.39 is 0 Å². The van der Waals surface area contributed by atoms with E-state index in [-0.39, 0.29) is 5.78 Å². The summed E-state index contributed by atoms with van der Waals surface area (Å²) in [6.07, 6.45) is 1.77. The van der Waals surface area contributed by atoms with E-state index in [0.717, 1.165) is 27.9 Å². The topological polar surface area (TPSA) is 48.0 Å². The molecule has 0 aromatic heterocycles. The summed E-state index contributed by atoms with van der Waals surface area (Å²) < 4.78 is 17.9. The Balaban J connectivity index is 1.65. The van der Waals surface area contributed by atoms with Crippen molar-refractivity contribution < 1.29 is 19.0 Å². The number of carbonyl (C=O) groups excluding carboxylic acids is 1. The van der Waals surface area contributed by atoms with Gasteiger partial charge in [-0.15, -0.1) is 0 Å². The lowest BCUT2D eigenvalue weighted by Crippen LogP contribution is -2.34. The molecule has 2 aromatic carbocycles. The molecule has 0 unspecified atom stereocenters. The maximum atomic E-state index is 12.7. The molecule has 0 aliphatic carbocycles. The number of benzene rings is 2. The average Bonchev–Trinajstić information content (AvgIpc) is 2.96. The number of Topliss-reactive ketones (excluding diaryl/α,β-unsaturated/α-hetero) is 1. The molecule has 5 nitrogen and oxygen atoms in total. The van der Waals surface area contributed by atoms with Crippen LogP contribution in [0.1, 0.15) is 21.5 Å². The van der Waals surface area contributed by atoms with E-state index in [1.165, 1.54) is 0 Å². The van der Waals surface area contributed by atoms with Crippen LogP contribution in [-0.2, 0) is 11.3 Å². The molecule has 2 heterocycles. The number of allylic oxidation sites excluding steroid dienone is 1. The first-order valence-electron chi connectivity index (χ1n) is 8.35. The molecule has 0 fully saturated rings. The third kappa shape index (κ3) is 3.28. The zero-order valence-corrected chi connectivity index (χ0v) is 15.9. The quantitative estimate of drug-likeness (QED) is 0.709. The lowest BCUT2D eigenvalue weighted by molar-refractivity contribution is 0.0646. The molecule has 26 heavy (non-hydrogen) atoms. The maximum Gasteiger partial charge on any atom is 0.231 e. The SMILES string of the molecule is COCCN1COc2ccc3c(c2C1)O/C(=C\c1cccc(Br)c1)C3=O. The van der Waals surface area contributed by atoms with Gasteiger partial charge in [-0.3, -0.25) is 9.69 Å². The minimum atomic E-state index is -0.100. The highest BCUT2D eigenvalue weighted by atomic mass is 79.9. The molecule has 0 saturated carbocycles. The van der Waals surface area contributed by atoms with Crippen LogP contribution in [0.5, 0.6) is 11.5 Å². The number of methoxy groups -OCH3 is 1. The van der Waals surface area contributed by atoms with Crippen molar-refractivity contribution in [3.05, 3.63) is 63.3 Å². The minimum absolute atomic E-state index is 0.100. The monoisotopic (exact) mass is 415 g/mol. The lowest BCUT2D eigenvalue weighted by Gasteiger charge is -2.29. The molecule has 2 aromatic rings. The first kappa shape index (κ1) is 17.3. The van der Waals surface area contributed by atoms with Gasteiger partial charge in [-0.1, -0.05) is 28.1 Å². The summed E-state index contributed by atoms with van der Waals surface area (Å²) in [5, 5.41) is 0. The first-order chi connectivity index (χ1) is 12.7. The normalized spacial score (nSPS) is 17.6. The number of nitrogens with zero attached hydrogens (tertiary/aromatic N) is 1. The van der Waals surface area contributed by atoms with Gasteiger partial charge in [-0.2, -0.15) is 0 Å². The molecular formula is C20H18BrNO4. The Hall–Kier alpha value is -2.15. The standard InChI is InChI=1S/C20H18BrNO4/c1-24-8-7-22-11-16-17(25-12-22)6-5-15-19(23)18(26-20(15)16)10-13-3-2-4-14(21)9-13/h2-6,9-10H,7-8,11-12H2,1H3/b18-10-. The van der Waals surface area contributed by atoms with E-state index in [9.17, 15) is 4.79 Å². The van der Waals surface area contributed by atoms with Crippen LogP contribution in [0, 0.1) is 0 Å². The molecule has 0 bridgehead atoms. The van der Waals surface area contributed by atoms with Gasteiger partial charge in [0, 0.05) is 24.7 Å². The van der Waals surface area contributed by atoms with Crippen LogP contribution < -0.4 is 9.47 Å². The van der Waals surface area contributed by atoms with E-state index in [2.05, 4.69) is 20.8 Å². The van der Waals surface area contributed by atoms with E-state index >= 15 is 0 Å². The molecule has 4 rings (SSSR count). The van der Waals surface area contributed by atoms with Crippen molar-refractivity contribution >= 4 is 27.8 Å². The Bertz CT molecular complexity index is 893. The van der Waals surface area contributed by atoms with E-state index in [0.29, 0.717) is 37.0 Å². The van der Waals surface area contributed by atoms with Crippen LogP contribution >= 0.6 is 15.9 Å². The van der Waals surface area contributed by atoms with Gasteiger partial charge in [0.1, 0.15) is 18.2 Å². The van der Waals surface area contributed by atoms with Gasteiger partial charge in [0.25, 0.3) is 0 Å². The van der Waals surface area contributed by atoms with Gasteiger partial charge >= 0.3 is 0 Å². The number of ketones is 1. The molecule has 6 heteroatoms. The van der Waals surface area contributed by atoms with Crippen molar-refractivity contribution in [2.75, 3.05) is 27.0 Å². The lowest BCUT2D eigenvalue weighted by atomic mass is 10.0. The first-order valence-corrected chi connectivity index (χ1v) is 9.15. The summed E-state index contributed by atoms with van der Waals surface area (Å²) in [6.45, 7) is 2.55. The van der Waals surface area contributed by atoms with Crippen LogP contribution in [0.25, 0.3) is 6.08 Å². The van der Waals surface area contributed by atoms with Crippen molar-refractivity contribution in [3.8, 4) is 11.5 Å². The molecule has 0 spiro atoms. The fraction of sp³-hybridized carbons (Fsp3) is 0.250. The molecule has 2 aliphatic heterocycles. The molecule has 0 N–H and O–H groups in total. The highest BCUT2D eigenvalue weighted by Crippen LogP contribution is 2.42. The van der Waals surface area contributed by atoms with Crippen LogP contribution in [0.2, 0.25) is 0 Å².